The third-order valence-corrected chi connectivity index (χ3v) is 3.29. The van der Waals surface area contributed by atoms with E-state index in [1.54, 1.807) is 0 Å². The maximum absolute atomic E-state index is 6.00. The van der Waals surface area contributed by atoms with Crippen LogP contribution in [0.3, 0.4) is 0 Å². The fraction of sp³-hybridized carbons (Fsp3) is 0.308. The van der Waals surface area contributed by atoms with Crippen LogP contribution in [0, 0.1) is 6.92 Å². The van der Waals surface area contributed by atoms with E-state index in [1.807, 2.05) is 30.6 Å². The normalized spacial score (nSPS) is 14.9. The van der Waals surface area contributed by atoms with Crippen LogP contribution >= 0.6 is 11.6 Å². The number of rotatable bonds is 3. The lowest BCUT2D eigenvalue weighted by atomic mass is 10.2. The Kier molecular flexibility index (Phi) is 2.56. The molecule has 17 heavy (non-hydrogen) atoms. The van der Waals surface area contributed by atoms with Gasteiger partial charge in [-0.25, -0.2) is 4.98 Å². The minimum atomic E-state index is 0.625. The lowest BCUT2D eigenvalue weighted by Crippen LogP contribution is -2.02. The highest BCUT2D eigenvalue weighted by molar-refractivity contribution is 6.30. The van der Waals surface area contributed by atoms with E-state index in [0.29, 0.717) is 6.04 Å². The molecule has 0 radical (unpaired) electrons. The van der Waals surface area contributed by atoms with Crippen LogP contribution in [-0.2, 0) is 0 Å². The fourth-order valence-electron chi connectivity index (χ4n) is 1.91. The average molecular weight is 248 g/mol. The zero-order valence-corrected chi connectivity index (χ0v) is 10.4. The number of imidazole rings is 1. The van der Waals surface area contributed by atoms with Gasteiger partial charge >= 0.3 is 0 Å². The largest absolute Gasteiger partial charge is 0.325 e. The smallest absolute Gasteiger partial charge is 0.207 e. The van der Waals surface area contributed by atoms with Crippen LogP contribution in [0.5, 0.6) is 0 Å². The Hall–Kier alpha value is -1.48. The number of halogens is 1. The number of aromatic nitrogens is 2. The molecule has 3 rings (SSSR count). The van der Waals surface area contributed by atoms with Gasteiger partial charge in [0.2, 0.25) is 5.95 Å². The van der Waals surface area contributed by atoms with Crippen molar-refractivity contribution in [3.05, 3.63) is 41.2 Å². The monoisotopic (exact) mass is 247 g/mol. The third kappa shape index (κ3) is 2.15. The van der Waals surface area contributed by atoms with Gasteiger partial charge in [-0.2, -0.15) is 0 Å². The molecule has 0 aliphatic heterocycles. The van der Waals surface area contributed by atoms with Gasteiger partial charge in [-0.1, -0.05) is 17.7 Å². The molecule has 88 valence electrons. The summed E-state index contributed by atoms with van der Waals surface area (Å²) in [6.45, 7) is 2.06. The van der Waals surface area contributed by atoms with E-state index in [2.05, 4.69) is 21.8 Å². The van der Waals surface area contributed by atoms with E-state index >= 15 is 0 Å². The van der Waals surface area contributed by atoms with Crippen molar-refractivity contribution in [3.63, 3.8) is 0 Å². The van der Waals surface area contributed by atoms with Crippen molar-refractivity contribution < 1.29 is 0 Å². The van der Waals surface area contributed by atoms with E-state index in [9.17, 15) is 0 Å². The van der Waals surface area contributed by atoms with Crippen molar-refractivity contribution in [3.8, 4) is 0 Å². The number of nitrogens with one attached hydrogen (secondary N) is 1. The molecule has 0 amide bonds. The summed E-state index contributed by atoms with van der Waals surface area (Å²) >= 11 is 6.00. The van der Waals surface area contributed by atoms with Crippen molar-refractivity contribution in [1.29, 1.82) is 0 Å². The second-order valence-corrected chi connectivity index (χ2v) is 4.91. The lowest BCUT2D eigenvalue weighted by molar-refractivity contribution is 0.751. The Morgan fingerprint density at radius 3 is 3.00 bits per heavy atom. The molecule has 1 aliphatic rings. The molecular formula is C13H14ClN3. The summed E-state index contributed by atoms with van der Waals surface area (Å²) < 4.78 is 2.19. The van der Waals surface area contributed by atoms with Crippen LogP contribution in [0.4, 0.5) is 11.6 Å². The average Bonchev–Trinajstić information content (AvgIpc) is 3.05. The molecule has 0 saturated heterocycles. The Morgan fingerprint density at radius 1 is 1.41 bits per heavy atom. The van der Waals surface area contributed by atoms with Gasteiger partial charge in [0.05, 0.1) is 0 Å². The van der Waals surface area contributed by atoms with Gasteiger partial charge in [-0.05, 0) is 37.5 Å². The number of aryl methyl sites for hydroxylation is 1. The second kappa shape index (κ2) is 4.08. The Balaban J connectivity index is 1.90. The molecule has 1 N–H and O–H groups in total. The van der Waals surface area contributed by atoms with Gasteiger partial charge < -0.3 is 9.88 Å². The summed E-state index contributed by atoms with van der Waals surface area (Å²) in [5.41, 5.74) is 2.19. The van der Waals surface area contributed by atoms with Crippen molar-refractivity contribution in [2.75, 3.05) is 5.32 Å². The molecule has 2 aromatic rings. The Morgan fingerprint density at radius 2 is 2.24 bits per heavy atom. The van der Waals surface area contributed by atoms with Crippen LogP contribution in [0.25, 0.3) is 0 Å². The van der Waals surface area contributed by atoms with E-state index in [-0.39, 0.29) is 0 Å². The van der Waals surface area contributed by atoms with Crippen molar-refractivity contribution in [2.45, 2.75) is 25.8 Å². The molecule has 0 spiro atoms. The molecule has 1 aliphatic carbocycles. The number of nitrogens with zero attached hydrogens (tertiary/aromatic N) is 2. The topological polar surface area (TPSA) is 29.9 Å². The minimum Gasteiger partial charge on any atom is -0.325 e. The van der Waals surface area contributed by atoms with E-state index in [4.69, 9.17) is 11.6 Å². The number of anilines is 2. The molecule has 1 aromatic carbocycles. The third-order valence-electron chi connectivity index (χ3n) is 3.06. The molecule has 1 aromatic heterocycles. The first kappa shape index (κ1) is 10.7. The van der Waals surface area contributed by atoms with Gasteiger partial charge in [-0.3, -0.25) is 0 Å². The molecular weight excluding hydrogens is 234 g/mol. The van der Waals surface area contributed by atoms with Gasteiger partial charge in [0.1, 0.15) is 0 Å². The first-order valence-electron chi connectivity index (χ1n) is 5.80. The zero-order valence-electron chi connectivity index (χ0n) is 9.65. The summed E-state index contributed by atoms with van der Waals surface area (Å²) in [7, 11) is 0. The van der Waals surface area contributed by atoms with Crippen molar-refractivity contribution >= 4 is 23.2 Å². The molecule has 1 saturated carbocycles. The van der Waals surface area contributed by atoms with Gasteiger partial charge in [0, 0.05) is 29.1 Å². The summed E-state index contributed by atoms with van der Waals surface area (Å²) in [5.74, 6) is 0.901. The molecule has 0 bridgehead atoms. The summed E-state index contributed by atoms with van der Waals surface area (Å²) in [6, 6.07) is 6.47. The van der Waals surface area contributed by atoms with Crippen molar-refractivity contribution in [1.82, 2.24) is 9.55 Å². The predicted molar refractivity (Wildman–Crippen MR) is 70.0 cm³/mol. The SMILES string of the molecule is Cc1ccc(Cl)cc1Nc1nccn1C1CC1. The molecule has 0 unspecified atom stereocenters. The molecule has 1 fully saturated rings. The predicted octanol–water partition coefficient (Wildman–Crippen LogP) is 3.92. The Labute approximate surface area is 105 Å². The summed E-state index contributed by atoms with van der Waals surface area (Å²) in [4.78, 5) is 4.35. The first-order chi connectivity index (χ1) is 8.24. The first-order valence-corrected chi connectivity index (χ1v) is 6.18. The summed E-state index contributed by atoms with van der Waals surface area (Å²) in [6.07, 6.45) is 6.36. The van der Waals surface area contributed by atoms with Crippen LogP contribution in [0.1, 0.15) is 24.4 Å². The highest BCUT2D eigenvalue weighted by Gasteiger charge is 2.25. The van der Waals surface area contributed by atoms with Gasteiger partial charge in [0.15, 0.2) is 0 Å². The van der Waals surface area contributed by atoms with E-state index < -0.39 is 0 Å². The van der Waals surface area contributed by atoms with Crippen LogP contribution in [0.15, 0.2) is 30.6 Å². The zero-order chi connectivity index (χ0) is 11.8. The second-order valence-electron chi connectivity index (χ2n) is 4.47. The maximum atomic E-state index is 6.00. The van der Waals surface area contributed by atoms with Gasteiger partial charge in [0.25, 0.3) is 0 Å². The summed E-state index contributed by atoms with van der Waals surface area (Å²) in [5, 5.41) is 4.09. The molecule has 3 nitrogen and oxygen atoms in total. The minimum absolute atomic E-state index is 0.625. The lowest BCUT2D eigenvalue weighted by Gasteiger charge is -2.11. The highest BCUT2D eigenvalue weighted by atomic mass is 35.5. The van der Waals surface area contributed by atoms with Crippen LogP contribution in [-0.4, -0.2) is 9.55 Å². The van der Waals surface area contributed by atoms with Crippen LogP contribution in [0.2, 0.25) is 5.02 Å². The Bertz CT molecular complexity index is 543. The van der Waals surface area contributed by atoms with E-state index in [0.717, 1.165) is 16.7 Å². The van der Waals surface area contributed by atoms with Crippen molar-refractivity contribution in [2.24, 2.45) is 0 Å². The van der Waals surface area contributed by atoms with E-state index in [1.165, 1.54) is 18.4 Å². The highest BCUT2D eigenvalue weighted by Crippen LogP contribution is 2.37. The molecule has 1 heterocycles. The quantitative estimate of drug-likeness (QED) is 0.891. The standard InChI is InChI=1S/C13H14ClN3/c1-9-2-3-10(14)8-12(9)16-13-15-6-7-17(13)11-4-5-11/h2-3,6-8,11H,4-5H2,1H3,(H,15,16). The number of hydrogen-bond acceptors (Lipinski definition) is 2. The van der Waals surface area contributed by atoms with Crippen LogP contribution < -0.4 is 5.32 Å². The van der Waals surface area contributed by atoms with Gasteiger partial charge in [-0.15, -0.1) is 0 Å². The maximum Gasteiger partial charge on any atom is 0.207 e. The molecule has 0 atom stereocenters. The molecule has 4 heteroatoms. The fourth-order valence-corrected chi connectivity index (χ4v) is 2.08. The number of hydrogen-bond donors (Lipinski definition) is 1. The number of benzene rings is 1.